The number of nitrogens with zero attached hydrogens (tertiary/aromatic N) is 2. The Bertz CT molecular complexity index is 775. The monoisotopic (exact) mass is 348 g/mol. The minimum absolute atomic E-state index is 0.0201. The first-order valence-electron chi connectivity index (χ1n) is 7.55. The van der Waals surface area contributed by atoms with Crippen LogP contribution in [0.2, 0.25) is 0 Å². The Balaban J connectivity index is 1.52. The number of aromatic nitrogens is 2. The summed E-state index contributed by atoms with van der Waals surface area (Å²) in [5, 5.41) is 8.72. The minimum atomic E-state index is -0.545. The van der Waals surface area contributed by atoms with Crippen molar-refractivity contribution in [3.8, 4) is 22.9 Å². The minimum Gasteiger partial charge on any atom is -0.465 e. The lowest BCUT2D eigenvalue weighted by atomic mass is 10.2. The van der Waals surface area contributed by atoms with Gasteiger partial charge in [-0.1, -0.05) is 5.16 Å². The predicted molar refractivity (Wildman–Crippen MR) is 82.7 cm³/mol. The molecule has 3 rings (SSSR count). The van der Waals surface area contributed by atoms with Crippen molar-refractivity contribution >= 4 is 12.0 Å². The van der Waals surface area contributed by atoms with Gasteiger partial charge in [0.25, 0.3) is 0 Å². The van der Waals surface area contributed by atoms with E-state index in [0.29, 0.717) is 22.9 Å². The zero-order valence-electron chi connectivity index (χ0n) is 13.4. The van der Waals surface area contributed by atoms with Gasteiger partial charge < -0.3 is 29.4 Å². The third kappa shape index (κ3) is 4.16. The molecule has 2 heterocycles. The maximum Gasteiger partial charge on any atom is 0.325 e. The van der Waals surface area contributed by atoms with Crippen molar-refractivity contribution in [1.82, 2.24) is 20.8 Å². The van der Waals surface area contributed by atoms with E-state index in [9.17, 15) is 9.59 Å². The number of amides is 2. The number of fused-ring (bicyclic) bond motifs is 1. The Hall–Kier alpha value is -3.30. The first kappa shape index (κ1) is 16.6. The topological polar surface area (TPSA) is 125 Å². The largest absolute Gasteiger partial charge is 0.465 e. The van der Waals surface area contributed by atoms with E-state index in [-0.39, 0.29) is 32.4 Å². The number of carbonyl (C=O) groups is 2. The van der Waals surface area contributed by atoms with Crippen LogP contribution in [0.25, 0.3) is 11.4 Å². The highest BCUT2D eigenvalue weighted by Gasteiger charge is 2.16. The maximum absolute atomic E-state index is 11.6. The average molecular weight is 348 g/mol. The van der Waals surface area contributed by atoms with Crippen LogP contribution in [-0.4, -0.2) is 42.1 Å². The van der Waals surface area contributed by atoms with Gasteiger partial charge >= 0.3 is 12.0 Å². The van der Waals surface area contributed by atoms with E-state index in [1.54, 1.807) is 25.1 Å². The molecule has 1 aliphatic rings. The summed E-state index contributed by atoms with van der Waals surface area (Å²) in [6.45, 7) is 1.93. The number of rotatable bonds is 6. The number of ether oxygens (including phenoxy) is 3. The zero-order chi connectivity index (χ0) is 17.6. The van der Waals surface area contributed by atoms with Crippen LogP contribution >= 0.6 is 0 Å². The van der Waals surface area contributed by atoms with E-state index in [1.165, 1.54) is 0 Å². The number of hydrogen-bond donors (Lipinski definition) is 2. The van der Waals surface area contributed by atoms with E-state index >= 15 is 0 Å². The van der Waals surface area contributed by atoms with Gasteiger partial charge in [-0.05, 0) is 25.1 Å². The molecule has 1 aliphatic heterocycles. The summed E-state index contributed by atoms with van der Waals surface area (Å²) in [5.74, 6) is 1.34. The van der Waals surface area contributed by atoms with Crippen molar-refractivity contribution in [2.45, 2.75) is 13.5 Å². The normalized spacial score (nSPS) is 11.9. The van der Waals surface area contributed by atoms with Gasteiger partial charge in [0.15, 0.2) is 11.5 Å². The van der Waals surface area contributed by atoms with E-state index in [0.717, 1.165) is 0 Å². The summed E-state index contributed by atoms with van der Waals surface area (Å²) in [7, 11) is 0. The summed E-state index contributed by atoms with van der Waals surface area (Å²) >= 11 is 0. The van der Waals surface area contributed by atoms with Gasteiger partial charge in [0.05, 0.1) is 13.2 Å². The quantitative estimate of drug-likeness (QED) is 0.735. The van der Waals surface area contributed by atoms with Crippen LogP contribution in [0.5, 0.6) is 11.5 Å². The van der Waals surface area contributed by atoms with Crippen molar-refractivity contribution < 1.29 is 28.3 Å². The molecular formula is C15H16N4O6. The molecule has 1 aromatic heterocycles. The molecule has 0 spiro atoms. The van der Waals surface area contributed by atoms with Crippen molar-refractivity contribution in [2.24, 2.45) is 0 Å². The molecule has 10 heteroatoms. The van der Waals surface area contributed by atoms with Gasteiger partial charge in [-0.2, -0.15) is 4.98 Å². The van der Waals surface area contributed by atoms with Gasteiger partial charge in [-0.15, -0.1) is 0 Å². The summed E-state index contributed by atoms with van der Waals surface area (Å²) in [5.41, 5.74) is 0.700. The van der Waals surface area contributed by atoms with Crippen molar-refractivity contribution in [3.63, 3.8) is 0 Å². The Morgan fingerprint density at radius 1 is 1.24 bits per heavy atom. The van der Waals surface area contributed by atoms with Gasteiger partial charge in [0.1, 0.15) is 6.54 Å². The van der Waals surface area contributed by atoms with E-state index in [1.807, 2.05) is 0 Å². The fourth-order valence-corrected chi connectivity index (χ4v) is 2.06. The zero-order valence-corrected chi connectivity index (χ0v) is 13.4. The molecule has 0 aliphatic carbocycles. The predicted octanol–water partition coefficient (Wildman–Crippen LogP) is 0.828. The SMILES string of the molecule is CCOC(=O)CNC(=O)NCc1nc(-c2ccc3c(c2)OCO3)no1. The smallest absolute Gasteiger partial charge is 0.325 e. The summed E-state index contributed by atoms with van der Waals surface area (Å²) in [4.78, 5) is 26.9. The van der Waals surface area contributed by atoms with Crippen molar-refractivity contribution in [3.05, 3.63) is 24.1 Å². The molecule has 132 valence electrons. The second-order valence-electron chi connectivity index (χ2n) is 4.92. The summed E-state index contributed by atoms with van der Waals surface area (Å²) in [6, 6.07) is 4.74. The molecule has 0 bridgehead atoms. The van der Waals surface area contributed by atoms with Gasteiger partial charge in [-0.25, -0.2) is 4.79 Å². The second kappa shape index (κ2) is 7.51. The van der Waals surface area contributed by atoms with Crippen LogP contribution in [0, 0.1) is 0 Å². The van der Waals surface area contributed by atoms with E-state index in [4.69, 9.17) is 18.7 Å². The van der Waals surface area contributed by atoms with Gasteiger partial charge in [-0.3, -0.25) is 4.79 Å². The first-order valence-corrected chi connectivity index (χ1v) is 7.55. The Morgan fingerprint density at radius 2 is 2.08 bits per heavy atom. The molecule has 0 atom stereocenters. The van der Waals surface area contributed by atoms with Gasteiger partial charge in [0.2, 0.25) is 18.5 Å². The molecule has 1 aromatic carbocycles. The third-order valence-electron chi connectivity index (χ3n) is 3.20. The number of urea groups is 1. The highest BCUT2D eigenvalue weighted by molar-refractivity contribution is 5.80. The molecule has 0 radical (unpaired) electrons. The Morgan fingerprint density at radius 3 is 2.92 bits per heavy atom. The van der Waals surface area contributed by atoms with Crippen LogP contribution in [0.15, 0.2) is 22.7 Å². The Kier molecular flexibility index (Phi) is 4.97. The number of hydrogen-bond acceptors (Lipinski definition) is 8. The summed E-state index contributed by atoms with van der Waals surface area (Å²) < 4.78 is 20.3. The van der Waals surface area contributed by atoms with Crippen LogP contribution < -0.4 is 20.1 Å². The molecule has 2 amide bonds. The maximum atomic E-state index is 11.6. The fraction of sp³-hybridized carbons (Fsp3) is 0.333. The molecule has 0 saturated heterocycles. The highest BCUT2D eigenvalue weighted by atomic mass is 16.7. The van der Waals surface area contributed by atoms with Crippen molar-refractivity contribution in [1.29, 1.82) is 0 Å². The lowest BCUT2D eigenvalue weighted by Crippen LogP contribution is -2.38. The van der Waals surface area contributed by atoms with Crippen LogP contribution in [0.3, 0.4) is 0 Å². The second-order valence-corrected chi connectivity index (χ2v) is 4.92. The number of esters is 1. The standard InChI is InChI=1S/C15H16N4O6/c1-2-22-13(20)7-17-15(21)16-6-12-18-14(19-25-12)9-3-4-10-11(5-9)24-8-23-10/h3-5H,2,6-8H2,1H3,(H2,16,17,21). The Labute approximate surface area is 142 Å². The summed E-state index contributed by atoms with van der Waals surface area (Å²) in [6.07, 6.45) is 0. The molecule has 25 heavy (non-hydrogen) atoms. The number of carbonyl (C=O) groups excluding carboxylic acids is 2. The highest BCUT2D eigenvalue weighted by Crippen LogP contribution is 2.35. The van der Waals surface area contributed by atoms with E-state index < -0.39 is 12.0 Å². The lowest BCUT2D eigenvalue weighted by molar-refractivity contribution is -0.141. The fourth-order valence-electron chi connectivity index (χ4n) is 2.06. The molecular weight excluding hydrogens is 332 g/mol. The number of nitrogens with one attached hydrogen (secondary N) is 2. The lowest BCUT2D eigenvalue weighted by Gasteiger charge is -2.05. The molecule has 0 saturated carbocycles. The third-order valence-corrected chi connectivity index (χ3v) is 3.20. The molecule has 0 fully saturated rings. The molecule has 2 N–H and O–H groups in total. The molecule has 2 aromatic rings. The number of benzene rings is 1. The van der Waals surface area contributed by atoms with Crippen LogP contribution in [-0.2, 0) is 16.1 Å². The molecule has 10 nitrogen and oxygen atoms in total. The van der Waals surface area contributed by atoms with Crippen LogP contribution in [0.1, 0.15) is 12.8 Å². The van der Waals surface area contributed by atoms with Gasteiger partial charge in [0, 0.05) is 5.56 Å². The van der Waals surface area contributed by atoms with Crippen LogP contribution in [0.4, 0.5) is 4.79 Å². The average Bonchev–Trinajstić information content (AvgIpc) is 3.26. The molecule has 0 unspecified atom stereocenters. The van der Waals surface area contributed by atoms with E-state index in [2.05, 4.69) is 20.8 Å². The van der Waals surface area contributed by atoms with Crippen molar-refractivity contribution in [2.75, 3.05) is 19.9 Å². The first-order chi connectivity index (χ1) is 12.2.